The van der Waals surface area contributed by atoms with Gasteiger partial charge in [0, 0.05) is 17.8 Å². The van der Waals surface area contributed by atoms with Crippen molar-refractivity contribution in [3.05, 3.63) is 11.6 Å². The first-order chi connectivity index (χ1) is 17.3. The first kappa shape index (κ1) is 25.8. The normalized spacial score (nSPS) is 58.5. The lowest BCUT2D eigenvalue weighted by Gasteiger charge is -2.62. The lowest BCUT2D eigenvalue weighted by molar-refractivity contribution is -0.320. The minimum Gasteiger partial charge on any atom is -0.456 e. The number of aliphatic hydroxyl groups excluding tert-OH is 6. The number of hydrogen-bond acceptors (Lipinski definition) is 12. The Morgan fingerprint density at radius 1 is 1.05 bits per heavy atom. The van der Waals surface area contributed by atoms with Gasteiger partial charge in [-0.05, 0) is 19.8 Å². The molecule has 0 unspecified atom stereocenters. The van der Waals surface area contributed by atoms with E-state index in [1.54, 1.807) is 26.8 Å². The third-order valence-corrected chi connectivity index (χ3v) is 10.4. The molecule has 12 heteroatoms. The molecule has 1 spiro atoms. The number of ketones is 1. The van der Waals surface area contributed by atoms with Gasteiger partial charge in [0.2, 0.25) is 0 Å². The van der Waals surface area contributed by atoms with E-state index in [9.17, 15) is 40.2 Å². The maximum absolute atomic E-state index is 13.8. The van der Waals surface area contributed by atoms with Crippen molar-refractivity contribution in [3.8, 4) is 0 Å². The van der Waals surface area contributed by atoms with Crippen LogP contribution >= 0.6 is 0 Å². The molecule has 206 valence electrons. The number of carbonyl (C=O) groups excluding carboxylic acids is 2. The SMILES string of the molecule is CC1=C[C@H](O[C@@H]2O[C@H](CO)[C@@H](O)[C@H](O)[C@H]2O)[C@@H](O)[C@@]2(C)[C@H]1CC(=O)[C@@]13CO[C@]4(C)[C@@H](OC(=O)[C@@H]41)[C@H](O)[C@@H]32. The number of esters is 1. The van der Waals surface area contributed by atoms with Crippen molar-refractivity contribution in [3.63, 3.8) is 0 Å². The van der Waals surface area contributed by atoms with E-state index >= 15 is 0 Å². The highest BCUT2D eigenvalue weighted by Gasteiger charge is 2.83. The van der Waals surface area contributed by atoms with Crippen molar-refractivity contribution in [2.45, 2.75) is 87.9 Å². The molecule has 3 saturated heterocycles. The minimum absolute atomic E-state index is 0.0275. The lowest BCUT2D eigenvalue weighted by Crippen LogP contribution is -2.72. The van der Waals surface area contributed by atoms with Crippen molar-refractivity contribution >= 4 is 11.8 Å². The zero-order valence-electron chi connectivity index (χ0n) is 20.8. The number of aliphatic hydroxyl groups is 6. The van der Waals surface area contributed by atoms with E-state index in [4.69, 9.17) is 18.9 Å². The molecule has 6 rings (SSSR count). The van der Waals surface area contributed by atoms with Crippen molar-refractivity contribution < 1.29 is 59.2 Å². The molecule has 15 atom stereocenters. The molecular weight excluding hydrogens is 492 g/mol. The molecule has 6 aliphatic rings. The van der Waals surface area contributed by atoms with Crippen LogP contribution in [0.15, 0.2) is 11.6 Å². The summed E-state index contributed by atoms with van der Waals surface area (Å²) in [5, 5.41) is 63.7. The second-order valence-corrected chi connectivity index (χ2v) is 12.0. The van der Waals surface area contributed by atoms with Gasteiger partial charge < -0.3 is 49.6 Å². The number of rotatable bonds is 3. The Morgan fingerprint density at radius 3 is 2.43 bits per heavy atom. The Labute approximate surface area is 212 Å². The van der Waals surface area contributed by atoms with E-state index in [-0.39, 0.29) is 18.8 Å². The molecule has 5 fully saturated rings. The van der Waals surface area contributed by atoms with Gasteiger partial charge >= 0.3 is 5.97 Å². The first-order valence-corrected chi connectivity index (χ1v) is 12.7. The standard InChI is InChI=1S/C25H34O12/c1-8-4-10(35-22-15(30)14(29)13(28)11(6-26)36-22)19(32)23(2)9(8)5-12(27)25-7-34-24(3)18(25)21(33)37-20(24)16(31)17(23)25/h4,9-11,13-20,22,26,28-32H,5-7H2,1-3H3/t9-,10-,11+,13+,14-,15+,16+,17+,18-,19+,20-,22+,23-,24-,25+/m0/s1. The quantitative estimate of drug-likeness (QED) is 0.166. The number of fused-ring (bicyclic) bond motifs is 2. The number of allylic oxidation sites excluding steroid dienone is 1. The fourth-order valence-electron chi connectivity index (χ4n) is 8.57. The molecule has 3 heterocycles. The zero-order valence-corrected chi connectivity index (χ0v) is 20.8. The lowest BCUT2D eigenvalue weighted by atomic mass is 9.40. The van der Waals surface area contributed by atoms with Crippen LogP contribution in [0.1, 0.15) is 27.2 Å². The summed E-state index contributed by atoms with van der Waals surface area (Å²) < 4.78 is 23.0. The molecule has 12 nitrogen and oxygen atoms in total. The first-order valence-electron chi connectivity index (χ1n) is 12.7. The van der Waals surface area contributed by atoms with Gasteiger partial charge in [-0.25, -0.2) is 0 Å². The average molecular weight is 527 g/mol. The van der Waals surface area contributed by atoms with Crippen LogP contribution in [0, 0.1) is 28.6 Å². The van der Waals surface area contributed by atoms with Crippen molar-refractivity contribution in [1.29, 1.82) is 0 Å². The van der Waals surface area contributed by atoms with Crippen LogP contribution in [-0.2, 0) is 28.5 Å². The van der Waals surface area contributed by atoms with Crippen LogP contribution in [0.25, 0.3) is 0 Å². The maximum atomic E-state index is 13.8. The molecule has 0 aromatic carbocycles. The molecule has 0 aromatic rings. The van der Waals surface area contributed by atoms with Crippen molar-refractivity contribution in [2.24, 2.45) is 28.6 Å². The van der Waals surface area contributed by atoms with Gasteiger partial charge in [0.05, 0.1) is 30.8 Å². The fraction of sp³-hybridized carbons (Fsp3) is 0.840. The predicted molar refractivity (Wildman–Crippen MR) is 119 cm³/mol. The van der Waals surface area contributed by atoms with E-state index in [0.717, 1.165) is 0 Å². The number of hydrogen-bond donors (Lipinski definition) is 6. The summed E-state index contributed by atoms with van der Waals surface area (Å²) in [6.07, 6.45) is -10.7. The zero-order chi connectivity index (χ0) is 26.8. The fourth-order valence-corrected chi connectivity index (χ4v) is 8.57. The van der Waals surface area contributed by atoms with Gasteiger partial charge in [-0.3, -0.25) is 9.59 Å². The third kappa shape index (κ3) is 2.94. The summed E-state index contributed by atoms with van der Waals surface area (Å²) >= 11 is 0. The molecule has 0 aromatic heterocycles. The monoisotopic (exact) mass is 526 g/mol. The van der Waals surface area contributed by atoms with Gasteiger partial charge in [-0.2, -0.15) is 0 Å². The summed E-state index contributed by atoms with van der Waals surface area (Å²) in [6, 6.07) is 0. The molecular formula is C25H34O12. The number of Topliss-reactive ketones (excluding diaryl/α,β-unsaturated/α-hetero) is 1. The molecule has 6 N–H and O–H groups in total. The van der Waals surface area contributed by atoms with Crippen molar-refractivity contribution in [2.75, 3.05) is 13.2 Å². The number of ether oxygens (including phenoxy) is 4. The molecule has 0 radical (unpaired) electrons. The summed E-state index contributed by atoms with van der Waals surface area (Å²) in [6.45, 7) is 4.51. The van der Waals surface area contributed by atoms with Gasteiger partial charge in [-0.1, -0.05) is 18.6 Å². The molecule has 3 aliphatic heterocycles. The van der Waals surface area contributed by atoms with Gasteiger partial charge in [0.25, 0.3) is 0 Å². The topological polar surface area (TPSA) is 192 Å². The Kier molecular flexibility index (Phi) is 5.59. The summed E-state index contributed by atoms with van der Waals surface area (Å²) in [5.41, 5.74) is -2.99. The molecule has 37 heavy (non-hydrogen) atoms. The largest absolute Gasteiger partial charge is 0.456 e. The molecule has 3 aliphatic carbocycles. The van der Waals surface area contributed by atoms with Crippen LogP contribution in [0.2, 0.25) is 0 Å². The van der Waals surface area contributed by atoms with E-state index in [1.807, 2.05) is 0 Å². The van der Waals surface area contributed by atoms with E-state index < -0.39 is 102 Å². The van der Waals surface area contributed by atoms with Crippen LogP contribution in [0.5, 0.6) is 0 Å². The van der Waals surface area contributed by atoms with Crippen LogP contribution in [0.3, 0.4) is 0 Å². The van der Waals surface area contributed by atoms with E-state index in [2.05, 4.69) is 0 Å². The molecule has 0 amide bonds. The number of carbonyl (C=O) groups is 2. The Morgan fingerprint density at radius 2 is 1.76 bits per heavy atom. The molecule has 2 saturated carbocycles. The second kappa shape index (κ2) is 8.03. The Balaban J connectivity index is 1.39. The highest BCUT2D eigenvalue weighted by Crippen LogP contribution is 2.71. The van der Waals surface area contributed by atoms with E-state index in [1.165, 1.54) is 0 Å². The second-order valence-electron chi connectivity index (χ2n) is 12.0. The van der Waals surface area contributed by atoms with Gasteiger partial charge in [0.15, 0.2) is 12.4 Å². The van der Waals surface area contributed by atoms with Crippen LogP contribution in [-0.4, -0.2) is 116 Å². The Bertz CT molecular complexity index is 1040. The molecule has 4 bridgehead atoms. The van der Waals surface area contributed by atoms with Gasteiger partial charge in [-0.15, -0.1) is 0 Å². The van der Waals surface area contributed by atoms with Crippen LogP contribution < -0.4 is 0 Å². The Hall–Kier alpha value is -1.48. The minimum atomic E-state index is -1.67. The third-order valence-electron chi connectivity index (χ3n) is 10.4. The summed E-state index contributed by atoms with van der Waals surface area (Å²) in [4.78, 5) is 26.8. The predicted octanol–water partition coefficient (Wildman–Crippen LogP) is -2.60. The average Bonchev–Trinajstić information content (AvgIpc) is 3.23. The summed E-state index contributed by atoms with van der Waals surface area (Å²) in [7, 11) is 0. The van der Waals surface area contributed by atoms with Crippen LogP contribution in [0.4, 0.5) is 0 Å². The smallest absolute Gasteiger partial charge is 0.313 e. The van der Waals surface area contributed by atoms with Crippen molar-refractivity contribution in [1.82, 2.24) is 0 Å². The van der Waals surface area contributed by atoms with E-state index in [0.29, 0.717) is 5.57 Å². The highest BCUT2D eigenvalue weighted by atomic mass is 16.7. The van der Waals surface area contributed by atoms with Gasteiger partial charge in [0.1, 0.15) is 47.8 Å². The highest BCUT2D eigenvalue weighted by molar-refractivity contribution is 5.95. The maximum Gasteiger partial charge on any atom is 0.313 e. The summed E-state index contributed by atoms with van der Waals surface area (Å²) in [5.74, 6) is -3.09.